The lowest BCUT2D eigenvalue weighted by molar-refractivity contribution is -0.137. The van der Waals surface area contributed by atoms with Crippen molar-refractivity contribution in [2.75, 3.05) is 5.32 Å². The average molecular weight is 377 g/mol. The highest BCUT2D eigenvalue weighted by Gasteiger charge is 2.29. The van der Waals surface area contributed by atoms with E-state index >= 15 is 0 Å². The fourth-order valence-electron chi connectivity index (χ4n) is 1.61. The summed E-state index contributed by atoms with van der Waals surface area (Å²) in [5, 5.41) is 3.20. The van der Waals surface area contributed by atoms with Gasteiger partial charge in [-0.1, -0.05) is 24.3 Å². The molecule has 0 aliphatic rings. The van der Waals surface area contributed by atoms with Crippen molar-refractivity contribution in [2.24, 2.45) is 0 Å². The van der Waals surface area contributed by atoms with Crippen molar-refractivity contribution >= 4 is 28.3 Å². The highest BCUT2D eigenvalue weighted by Crippen LogP contribution is 2.29. The minimum absolute atomic E-state index is 0.498. The van der Waals surface area contributed by atoms with E-state index in [1.165, 1.54) is 12.1 Å². The molecule has 1 N–H and O–H groups in total. The molecular weight excluding hydrogens is 366 g/mol. The van der Waals surface area contributed by atoms with Crippen molar-refractivity contribution in [3.05, 3.63) is 63.2 Å². The highest BCUT2D eigenvalue weighted by molar-refractivity contribution is 14.1. The monoisotopic (exact) mass is 377 g/mol. The molecule has 19 heavy (non-hydrogen) atoms. The smallest absolute Gasteiger partial charge is 0.380 e. The Bertz CT molecular complexity index is 549. The summed E-state index contributed by atoms with van der Waals surface area (Å²) in [4.78, 5) is 0. The van der Waals surface area contributed by atoms with Crippen LogP contribution >= 0.6 is 22.6 Å². The first-order chi connectivity index (χ1) is 8.97. The number of para-hydroxylation sites is 1. The first-order valence-corrected chi connectivity index (χ1v) is 6.69. The summed E-state index contributed by atoms with van der Waals surface area (Å²) >= 11 is 2.21. The maximum atomic E-state index is 12.4. The van der Waals surface area contributed by atoms with Gasteiger partial charge in [0.25, 0.3) is 0 Å². The van der Waals surface area contributed by atoms with Gasteiger partial charge in [-0.25, -0.2) is 0 Å². The Morgan fingerprint density at radius 3 is 2.16 bits per heavy atom. The first-order valence-electron chi connectivity index (χ1n) is 5.61. The van der Waals surface area contributed by atoms with Crippen LogP contribution in [0.25, 0.3) is 0 Å². The topological polar surface area (TPSA) is 12.0 Å². The molecule has 2 aromatic carbocycles. The van der Waals surface area contributed by atoms with Crippen molar-refractivity contribution in [3.8, 4) is 0 Å². The number of hydrogen-bond acceptors (Lipinski definition) is 1. The molecule has 0 aliphatic heterocycles. The molecule has 0 amide bonds. The van der Waals surface area contributed by atoms with E-state index in [9.17, 15) is 13.2 Å². The zero-order chi connectivity index (χ0) is 13.9. The molecule has 1 nitrogen and oxygen atoms in total. The van der Waals surface area contributed by atoms with Crippen LogP contribution in [0.15, 0.2) is 48.5 Å². The molecule has 0 fully saturated rings. The lowest BCUT2D eigenvalue weighted by atomic mass is 10.1. The average Bonchev–Trinajstić information content (AvgIpc) is 2.37. The van der Waals surface area contributed by atoms with Gasteiger partial charge in [-0.2, -0.15) is 13.2 Å². The molecule has 0 aromatic heterocycles. The second-order valence-corrected chi connectivity index (χ2v) is 5.19. The van der Waals surface area contributed by atoms with Gasteiger partial charge >= 0.3 is 6.18 Å². The third-order valence-electron chi connectivity index (χ3n) is 2.64. The number of halogens is 4. The minimum Gasteiger partial charge on any atom is -0.380 e. The quantitative estimate of drug-likeness (QED) is 0.749. The molecule has 0 unspecified atom stereocenters. The Kier molecular flexibility index (Phi) is 4.34. The Hall–Kier alpha value is -1.24. The standard InChI is InChI=1S/C14H11F3IN/c15-14(16,17)11-7-5-10(6-8-11)9-19-13-4-2-1-3-12(13)18/h1-8,19H,9H2. The molecule has 2 rings (SSSR count). The predicted octanol–water partition coefficient (Wildman–Crippen LogP) is 4.92. The molecule has 5 heteroatoms. The number of alkyl halides is 3. The molecule has 2 aromatic rings. The number of nitrogens with one attached hydrogen (secondary N) is 1. The van der Waals surface area contributed by atoms with E-state index in [1.54, 1.807) is 0 Å². The van der Waals surface area contributed by atoms with E-state index in [0.717, 1.165) is 27.0 Å². The summed E-state index contributed by atoms with van der Waals surface area (Å²) in [6.07, 6.45) is -4.28. The van der Waals surface area contributed by atoms with Crippen LogP contribution in [0, 0.1) is 3.57 Å². The van der Waals surface area contributed by atoms with E-state index in [2.05, 4.69) is 27.9 Å². The summed E-state index contributed by atoms with van der Waals surface area (Å²) < 4.78 is 38.3. The predicted molar refractivity (Wildman–Crippen MR) is 77.9 cm³/mol. The van der Waals surface area contributed by atoms with E-state index in [1.807, 2.05) is 24.3 Å². The van der Waals surface area contributed by atoms with E-state index in [0.29, 0.717) is 6.54 Å². The molecular formula is C14H11F3IN. The van der Waals surface area contributed by atoms with Gasteiger partial charge in [0.1, 0.15) is 0 Å². The van der Waals surface area contributed by atoms with Gasteiger partial charge in [0.05, 0.1) is 5.56 Å². The lowest BCUT2D eigenvalue weighted by Crippen LogP contribution is -2.05. The molecule has 0 bridgehead atoms. The van der Waals surface area contributed by atoms with Gasteiger partial charge in [0.2, 0.25) is 0 Å². The second-order valence-electron chi connectivity index (χ2n) is 4.03. The van der Waals surface area contributed by atoms with Crippen molar-refractivity contribution in [3.63, 3.8) is 0 Å². The zero-order valence-corrected chi connectivity index (χ0v) is 12.0. The number of hydrogen-bond donors (Lipinski definition) is 1. The zero-order valence-electron chi connectivity index (χ0n) is 9.84. The van der Waals surface area contributed by atoms with Crippen molar-refractivity contribution in [2.45, 2.75) is 12.7 Å². The highest BCUT2D eigenvalue weighted by atomic mass is 127. The Morgan fingerprint density at radius 1 is 0.947 bits per heavy atom. The summed E-state index contributed by atoms with van der Waals surface area (Å²) in [5.74, 6) is 0. The summed E-state index contributed by atoms with van der Waals surface area (Å²) in [7, 11) is 0. The molecule has 0 radical (unpaired) electrons. The maximum Gasteiger partial charge on any atom is 0.416 e. The summed E-state index contributed by atoms with van der Waals surface area (Å²) in [5.41, 5.74) is 1.17. The number of anilines is 1. The third kappa shape index (κ3) is 3.86. The molecule has 0 saturated heterocycles. The number of benzene rings is 2. The normalized spacial score (nSPS) is 11.4. The van der Waals surface area contributed by atoms with Crippen molar-refractivity contribution < 1.29 is 13.2 Å². The van der Waals surface area contributed by atoms with Gasteiger partial charge in [-0.15, -0.1) is 0 Å². The van der Waals surface area contributed by atoms with Gasteiger partial charge in [0, 0.05) is 15.8 Å². The van der Waals surface area contributed by atoms with Crippen LogP contribution in [0.5, 0.6) is 0 Å². The summed E-state index contributed by atoms with van der Waals surface area (Å²) in [6, 6.07) is 12.9. The molecule has 0 spiro atoms. The van der Waals surface area contributed by atoms with Gasteiger partial charge < -0.3 is 5.32 Å². The fourth-order valence-corrected chi connectivity index (χ4v) is 2.19. The van der Waals surface area contributed by atoms with Crippen LogP contribution in [0.1, 0.15) is 11.1 Å². The van der Waals surface area contributed by atoms with Crippen LogP contribution in [0.4, 0.5) is 18.9 Å². The molecule has 0 heterocycles. The van der Waals surface area contributed by atoms with Crippen LogP contribution in [0.2, 0.25) is 0 Å². The maximum absolute atomic E-state index is 12.4. The van der Waals surface area contributed by atoms with Crippen LogP contribution in [-0.2, 0) is 12.7 Å². The Balaban J connectivity index is 2.03. The minimum atomic E-state index is -4.28. The largest absolute Gasteiger partial charge is 0.416 e. The molecule has 0 atom stereocenters. The SMILES string of the molecule is FC(F)(F)c1ccc(CNc2ccccc2I)cc1. The second kappa shape index (κ2) is 5.81. The molecule has 100 valence electrons. The van der Waals surface area contributed by atoms with Crippen molar-refractivity contribution in [1.29, 1.82) is 0 Å². The van der Waals surface area contributed by atoms with Crippen LogP contribution in [-0.4, -0.2) is 0 Å². The van der Waals surface area contributed by atoms with E-state index in [-0.39, 0.29) is 0 Å². The lowest BCUT2D eigenvalue weighted by Gasteiger charge is -2.10. The summed E-state index contributed by atoms with van der Waals surface area (Å²) in [6.45, 7) is 0.498. The van der Waals surface area contributed by atoms with Crippen LogP contribution < -0.4 is 5.32 Å². The van der Waals surface area contributed by atoms with Gasteiger partial charge in [-0.3, -0.25) is 0 Å². The molecule has 0 saturated carbocycles. The van der Waals surface area contributed by atoms with E-state index < -0.39 is 11.7 Å². The van der Waals surface area contributed by atoms with E-state index in [4.69, 9.17) is 0 Å². The first kappa shape index (κ1) is 14.2. The third-order valence-corrected chi connectivity index (χ3v) is 3.58. The Morgan fingerprint density at radius 2 is 1.58 bits per heavy atom. The molecule has 0 aliphatic carbocycles. The number of rotatable bonds is 3. The fraction of sp³-hybridized carbons (Fsp3) is 0.143. The van der Waals surface area contributed by atoms with Crippen LogP contribution in [0.3, 0.4) is 0 Å². The van der Waals surface area contributed by atoms with Gasteiger partial charge in [-0.05, 0) is 52.4 Å². The van der Waals surface area contributed by atoms with Gasteiger partial charge in [0.15, 0.2) is 0 Å². The van der Waals surface area contributed by atoms with Crippen molar-refractivity contribution in [1.82, 2.24) is 0 Å². The Labute approximate surface area is 123 Å².